The third-order valence-electron chi connectivity index (χ3n) is 0.911. The van der Waals surface area contributed by atoms with Crippen LogP contribution in [0.4, 0.5) is 0 Å². The maximum atomic E-state index is 10.5. The van der Waals surface area contributed by atoms with Gasteiger partial charge in [0.05, 0.1) is 6.42 Å². The minimum atomic E-state index is 0.120. The Morgan fingerprint density at radius 2 is 2.38 bits per heavy atom. The SMILES string of the molecule is O=C1C=CCC#CC1. The summed E-state index contributed by atoms with van der Waals surface area (Å²) in [5.74, 6) is 5.68. The minimum Gasteiger partial charge on any atom is -0.294 e. The molecule has 0 unspecified atom stereocenters. The predicted octanol–water partition coefficient (Wildman–Crippen LogP) is 0.909. The molecule has 0 heterocycles. The zero-order valence-corrected chi connectivity index (χ0v) is 4.48. The second kappa shape index (κ2) is 2.32. The highest BCUT2D eigenvalue weighted by molar-refractivity contribution is 5.91. The summed E-state index contributed by atoms with van der Waals surface area (Å²) in [6.45, 7) is 0. The molecule has 0 saturated carbocycles. The first kappa shape index (κ1) is 5.11. The molecular weight excluding hydrogens is 100 g/mol. The lowest BCUT2D eigenvalue weighted by atomic mass is 10.3. The summed E-state index contributed by atoms with van der Waals surface area (Å²) >= 11 is 0. The van der Waals surface area contributed by atoms with Gasteiger partial charge in [-0.15, -0.1) is 0 Å². The monoisotopic (exact) mass is 106 g/mol. The van der Waals surface area contributed by atoms with Gasteiger partial charge < -0.3 is 0 Å². The van der Waals surface area contributed by atoms with E-state index in [1.54, 1.807) is 12.2 Å². The van der Waals surface area contributed by atoms with Gasteiger partial charge in [0.15, 0.2) is 5.78 Å². The van der Waals surface area contributed by atoms with E-state index in [0.717, 1.165) is 6.42 Å². The Bertz CT molecular complexity index is 178. The van der Waals surface area contributed by atoms with E-state index in [9.17, 15) is 4.79 Å². The molecule has 1 heteroatoms. The molecule has 1 rings (SSSR count). The molecule has 0 spiro atoms. The summed E-state index contributed by atoms with van der Waals surface area (Å²) in [7, 11) is 0. The zero-order valence-electron chi connectivity index (χ0n) is 4.48. The van der Waals surface area contributed by atoms with Gasteiger partial charge in [-0.05, 0) is 6.08 Å². The molecule has 0 aromatic rings. The largest absolute Gasteiger partial charge is 0.294 e. The first-order chi connectivity index (χ1) is 3.89. The molecule has 0 amide bonds. The Hall–Kier alpha value is -1.03. The lowest BCUT2D eigenvalue weighted by Crippen LogP contribution is -1.86. The van der Waals surface area contributed by atoms with Gasteiger partial charge in [-0.2, -0.15) is 0 Å². The van der Waals surface area contributed by atoms with Crippen molar-refractivity contribution in [1.82, 2.24) is 0 Å². The summed E-state index contributed by atoms with van der Waals surface area (Å²) in [4.78, 5) is 10.5. The highest BCUT2D eigenvalue weighted by Gasteiger charge is 1.91. The van der Waals surface area contributed by atoms with Crippen LogP contribution in [0, 0.1) is 11.8 Å². The lowest BCUT2D eigenvalue weighted by Gasteiger charge is -1.76. The number of ketones is 1. The third kappa shape index (κ3) is 1.23. The zero-order chi connectivity index (χ0) is 5.82. The van der Waals surface area contributed by atoms with Crippen LogP contribution in [0.5, 0.6) is 0 Å². The summed E-state index contributed by atoms with van der Waals surface area (Å²) < 4.78 is 0. The average Bonchev–Trinajstić information content (AvgIpc) is 1.94. The fraction of sp³-hybridized carbons (Fsp3) is 0.286. The molecular formula is C7H6O. The maximum absolute atomic E-state index is 10.5. The lowest BCUT2D eigenvalue weighted by molar-refractivity contribution is -0.113. The van der Waals surface area contributed by atoms with Crippen molar-refractivity contribution in [2.75, 3.05) is 0 Å². The Morgan fingerprint density at radius 3 is 3.25 bits per heavy atom. The van der Waals surface area contributed by atoms with Crippen molar-refractivity contribution < 1.29 is 4.79 Å². The fourth-order valence-electron chi connectivity index (χ4n) is 0.530. The van der Waals surface area contributed by atoms with Crippen molar-refractivity contribution in [2.24, 2.45) is 0 Å². The topological polar surface area (TPSA) is 17.1 Å². The average molecular weight is 106 g/mol. The van der Waals surface area contributed by atoms with E-state index in [1.165, 1.54) is 0 Å². The molecule has 1 aliphatic carbocycles. The van der Waals surface area contributed by atoms with Gasteiger partial charge in [0.25, 0.3) is 0 Å². The molecule has 8 heavy (non-hydrogen) atoms. The van der Waals surface area contributed by atoms with E-state index >= 15 is 0 Å². The molecule has 1 aliphatic rings. The maximum Gasteiger partial charge on any atom is 0.167 e. The van der Waals surface area contributed by atoms with Crippen LogP contribution in [0.3, 0.4) is 0 Å². The Morgan fingerprint density at radius 1 is 1.50 bits per heavy atom. The number of carbonyl (C=O) groups is 1. The molecule has 0 saturated heterocycles. The van der Waals surface area contributed by atoms with Gasteiger partial charge in [-0.3, -0.25) is 4.79 Å². The summed E-state index contributed by atoms with van der Waals surface area (Å²) in [5, 5.41) is 0. The van der Waals surface area contributed by atoms with Crippen LogP contribution in [-0.4, -0.2) is 5.78 Å². The van der Waals surface area contributed by atoms with Gasteiger partial charge in [-0.25, -0.2) is 0 Å². The number of hydrogen-bond acceptors (Lipinski definition) is 1. The molecule has 40 valence electrons. The van der Waals surface area contributed by atoms with Crippen LogP contribution in [-0.2, 0) is 4.79 Å². The summed E-state index contributed by atoms with van der Waals surface area (Å²) in [6, 6.07) is 0. The number of hydrogen-bond donors (Lipinski definition) is 0. The number of rotatable bonds is 0. The van der Waals surface area contributed by atoms with Crippen LogP contribution in [0.2, 0.25) is 0 Å². The second-order valence-corrected chi connectivity index (χ2v) is 1.60. The predicted molar refractivity (Wildman–Crippen MR) is 31.2 cm³/mol. The second-order valence-electron chi connectivity index (χ2n) is 1.60. The smallest absolute Gasteiger partial charge is 0.167 e. The van der Waals surface area contributed by atoms with Crippen LogP contribution < -0.4 is 0 Å². The van der Waals surface area contributed by atoms with Crippen LogP contribution in [0.25, 0.3) is 0 Å². The van der Waals surface area contributed by atoms with E-state index in [4.69, 9.17) is 0 Å². The van der Waals surface area contributed by atoms with Crippen LogP contribution in [0.1, 0.15) is 12.8 Å². The molecule has 0 radical (unpaired) electrons. The van der Waals surface area contributed by atoms with E-state index in [2.05, 4.69) is 11.8 Å². The van der Waals surface area contributed by atoms with Gasteiger partial charge in [0, 0.05) is 6.42 Å². The van der Waals surface area contributed by atoms with Gasteiger partial charge in [-0.1, -0.05) is 17.9 Å². The van der Waals surface area contributed by atoms with Crippen molar-refractivity contribution in [3.05, 3.63) is 12.2 Å². The molecule has 0 aromatic carbocycles. The number of carbonyl (C=O) groups excluding carboxylic acids is 1. The first-order valence-corrected chi connectivity index (χ1v) is 2.55. The van der Waals surface area contributed by atoms with E-state index in [0.29, 0.717) is 6.42 Å². The Balaban J connectivity index is 2.68. The number of allylic oxidation sites excluding steroid dienone is 2. The normalized spacial score (nSPS) is 16.8. The van der Waals surface area contributed by atoms with Crippen molar-refractivity contribution in [3.63, 3.8) is 0 Å². The Kier molecular flexibility index (Phi) is 1.48. The van der Waals surface area contributed by atoms with E-state index in [1.807, 2.05) is 0 Å². The molecule has 0 bridgehead atoms. The van der Waals surface area contributed by atoms with Gasteiger partial charge >= 0.3 is 0 Å². The fourth-order valence-corrected chi connectivity index (χ4v) is 0.530. The molecule has 0 N–H and O–H groups in total. The van der Waals surface area contributed by atoms with Gasteiger partial charge in [0.1, 0.15) is 0 Å². The third-order valence-corrected chi connectivity index (χ3v) is 0.911. The molecule has 0 atom stereocenters. The highest BCUT2D eigenvalue weighted by atomic mass is 16.1. The molecule has 1 nitrogen and oxygen atoms in total. The van der Waals surface area contributed by atoms with Crippen molar-refractivity contribution in [2.45, 2.75) is 12.8 Å². The first-order valence-electron chi connectivity index (χ1n) is 2.55. The van der Waals surface area contributed by atoms with Gasteiger partial charge in [0.2, 0.25) is 0 Å². The molecule has 0 aliphatic heterocycles. The Labute approximate surface area is 48.4 Å². The minimum absolute atomic E-state index is 0.120. The quantitative estimate of drug-likeness (QED) is 0.419. The van der Waals surface area contributed by atoms with Crippen molar-refractivity contribution >= 4 is 5.78 Å². The van der Waals surface area contributed by atoms with Crippen molar-refractivity contribution in [3.8, 4) is 11.8 Å². The molecule has 0 aromatic heterocycles. The summed E-state index contributed by atoms with van der Waals surface area (Å²) in [6.07, 6.45) is 4.50. The van der Waals surface area contributed by atoms with E-state index < -0.39 is 0 Å². The summed E-state index contributed by atoms with van der Waals surface area (Å²) in [5.41, 5.74) is 0. The van der Waals surface area contributed by atoms with Crippen LogP contribution in [0.15, 0.2) is 12.2 Å². The molecule has 0 fully saturated rings. The van der Waals surface area contributed by atoms with Crippen LogP contribution >= 0.6 is 0 Å². The standard InChI is InChI=1S/C7H6O/c8-7-5-3-1-2-4-6-7/h3,5H,1,6H2. The highest BCUT2D eigenvalue weighted by Crippen LogP contribution is 1.90. The van der Waals surface area contributed by atoms with E-state index in [-0.39, 0.29) is 5.78 Å². The van der Waals surface area contributed by atoms with Crippen molar-refractivity contribution in [1.29, 1.82) is 0 Å².